The van der Waals surface area contributed by atoms with E-state index in [4.69, 9.17) is 0 Å². The standard InChI is InChI=1S/C15H18N4O2/c1-17(13-6-2-3-7-13)15(20)18-10-14(16-11-18)12-5-4-8-19(21)9-12/h4-5,8-11,13H,2-3,6-7H2,1H3. The van der Waals surface area contributed by atoms with Crippen molar-refractivity contribution in [2.45, 2.75) is 31.7 Å². The van der Waals surface area contributed by atoms with Crippen LogP contribution in [0, 0.1) is 5.21 Å². The number of pyridine rings is 1. The Bertz CT molecular complexity index is 647. The zero-order chi connectivity index (χ0) is 14.8. The van der Waals surface area contributed by atoms with Crippen molar-refractivity contribution in [3.05, 3.63) is 42.3 Å². The van der Waals surface area contributed by atoms with E-state index >= 15 is 0 Å². The van der Waals surface area contributed by atoms with Crippen LogP contribution in [0.25, 0.3) is 11.3 Å². The Morgan fingerprint density at radius 1 is 1.48 bits per heavy atom. The fourth-order valence-corrected chi connectivity index (χ4v) is 2.81. The van der Waals surface area contributed by atoms with Crippen molar-refractivity contribution < 1.29 is 9.52 Å². The lowest BCUT2D eigenvalue weighted by Gasteiger charge is -2.23. The lowest BCUT2D eigenvalue weighted by molar-refractivity contribution is -0.604. The van der Waals surface area contributed by atoms with Crippen LogP contribution in [0.15, 0.2) is 37.1 Å². The molecule has 0 N–H and O–H groups in total. The number of aromatic nitrogens is 3. The lowest BCUT2D eigenvalue weighted by Crippen LogP contribution is -2.37. The average Bonchev–Trinajstić information content (AvgIpc) is 3.17. The number of nitrogens with zero attached hydrogens (tertiary/aromatic N) is 4. The van der Waals surface area contributed by atoms with Gasteiger partial charge in [-0.3, -0.25) is 4.57 Å². The van der Waals surface area contributed by atoms with Crippen LogP contribution in [0.5, 0.6) is 0 Å². The summed E-state index contributed by atoms with van der Waals surface area (Å²) in [6.45, 7) is 0. The second-order valence-corrected chi connectivity index (χ2v) is 5.45. The molecular formula is C15H18N4O2. The molecule has 2 heterocycles. The predicted octanol–water partition coefficient (Wildman–Crippen LogP) is 2.03. The zero-order valence-corrected chi connectivity index (χ0v) is 12.0. The normalized spacial score (nSPS) is 15.3. The molecule has 21 heavy (non-hydrogen) atoms. The summed E-state index contributed by atoms with van der Waals surface area (Å²) in [5.41, 5.74) is 1.32. The van der Waals surface area contributed by atoms with Gasteiger partial charge in [-0.15, -0.1) is 0 Å². The van der Waals surface area contributed by atoms with Gasteiger partial charge >= 0.3 is 6.03 Å². The summed E-state index contributed by atoms with van der Waals surface area (Å²) in [5, 5.41) is 11.3. The Labute approximate surface area is 123 Å². The first kappa shape index (κ1) is 13.6. The van der Waals surface area contributed by atoms with Crippen LogP contribution < -0.4 is 4.73 Å². The second-order valence-electron chi connectivity index (χ2n) is 5.45. The minimum Gasteiger partial charge on any atom is -0.619 e. The molecular weight excluding hydrogens is 268 g/mol. The van der Waals surface area contributed by atoms with Gasteiger partial charge in [0.05, 0.1) is 11.3 Å². The van der Waals surface area contributed by atoms with E-state index in [0.29, 0.717) is 17.3 Å². The first-order valence-corrected chi connectivity index (χ1v) is 7.15. The number of carbonyl (C=O) groups is 1. The molecule has 0 spiro atoms. The Kier molecular flexibility index (Phi) is 3.60. The van der Waals surface area contributed by atoms with Gasteiger partial charge in [0, 0.05) is 25.4 Å². The van der Waals surface area contributed by atoms with Gasteiger partial charge in [0.2, 0.25) is 0 Å². The minimum atomic E-state index is -0.0772. The summed E-state index contributed by atoms with van der Waals surface area (Å²) >= 11 is 0. The molecule has 0 aliphatic heterocycles. The van der Waals surface area contributed by atoms with Crippen molar-refractivity contribution >= 4 is 6.03 Å². The van der Waals surface area contributed by atoms with E-state index in [-0.39, 0.29) is 6.03 Å². The van der Waals surface area contributed by atoms with Crippen molar-refractivity contribution in [1.82, 2.24) is 14.5 Å². The number of hydrogen-bond acceptors (Lipinski definition) is 3. The van der Waals surface area contributed by atoms with Crippen LogP contribution in [0.1, 0.15) is 25.7 Å². The molecule has 3 rings (SSSR count). The van der Waals surface area contributed by atoms with E-state index in [9.17, 15) is 10.0 Å². The molecule has 110 valence electrons. The highest BCUT2D eigenvalue weighted by molar-refractivity contribution is 5.78. The van der Waals surface area contributed by atoms with E-state index in [1.807, 2.05) is 7.05 Å². The van der Waals surface area contributed by atoms with Gasteiger partial charge in [0.1, 0.15) is 6.33 Å². The second kappa shape index (κ2) is 5.55. The third kappa shape index (κ3) is 2.74. The predicted molar refractivity (Wildman–Crippen MR) is 77.4 cm³/mol. The number of amides is 1. The van der Waals surface area contributed by atoms with E-state index in [1.165, 1.54) is 36.1 Å². The molecule has 6 heteroatoms. The SMILES string of the molecule is CN(C(=O)n1cnc(-c2ccc[n+]([O-])c2)c1)C1CCCC1. The van der Waals surface area contributed by atoms with Crippen LogP contribution in [0.3, 0.4) is 0 Å². The Hall–Kier alpha value is -2.37. The Morgan fingerprint density at radius 2 is 2.24 bits per heavy atom. The van der Waals surface area contributed by atoms with Gasteiger partial charge in [-0.25, -0.2) is 9.78 Å². The van der Waals surface area contributed by atoms with Gasteiger partial charge in [-0.1, -0.05) is 12.8 Å². The molecule has 0 atom stereocenters. The van der Waals surface area contributed by atoms with E-state index < -0.39 is 0 Å². The molecule has 0 saturated heterocycles. The summed E-state index contributed by atoms with van der Waals surface area (Å²) in [5.74, 6) is 0. The third-order valence-corrected chi connectivity index (χ3v) is 4.05. The monoisotopic (exact) mass is 286 g/mol. The summed E-state index contributed by atoms with van der Waals surface area (Å²) in [4.78, 5) is 18.4. The quantitative estimate of drug-likeness (QED) is 0.626. The molecule has 1 aliphatic rings. The van der Waals surface area contributed by atoms with Crippen molar-refractivity contribution in [3.63, 3.8) is 0 Å². The van der Waals surface area contributed by atoms with Gasteiger partial charge in [0.15, 0.2) is 12.4 Å². The largest absolute Gasteiger partial charge is 0.619 e. The first-order chi connectivity index (χ1) is 10.1. The highest BCUT2D eigenvalue weighted by Crippen LogP contribution is 2.23. The van der Waals surface area contributed by atoms with Crippen molar-refractivity contribution in [2.75, 3.05) is 7.05 Å². The molecule has 1 saturated carbocycles. The molecule has 0 aromatic carbocycles. The van der Waals surface area contributed by atoms with Gasteiger partial charge in [-0.2, -0.15) is 4.73 Å². The number of hydrogen-bond donors (Lipinski definition) is 0. The minimum absolute atomic E-state index is 0.0772. The molecule has 1 aliphatic carbocycles. The molecule has 1 amide bonds. The van der Waals surface area contributed by atoms with Crippen LogP contribution in [-0.2, 0) is 0 Å². The molecule has 2 aromatic heterocycles. The fraction of sp³-hybridized carbons (Fsp3) is 0.400. The van der Waals surface area contributed by atoms with Crippen LogP contribution in [0.4, 0.5) is 4.79 Å². The van der Waals surface area contributed by atoms with Crippen molar-refractivity contribution in [2.24, 2.45) is 0 Å². The van der Waals surface area contributed by atoms with E-state index in [1.54, 1.807) is 23.2 Å². The Balaban J connectivity index is 1.79. The summed E-state index contributed by atoms with van der Waals surface area (Å²) in [6, 6.07) is 3.70. The maximum Gasteiger partial charge on any atom is 0.329 e. The molecule has 0 unspecified atom stereocenters. The van der Waals surface area contributed by atoms with Gasteiger partial charge in [-0.05, 0) is 18.9 Å². The smallest absolute Gasteiger partial charge is 0.329 e. The molecule has 0 radical (unpaired) electrons. The van der Waals surface area contributed by atoms with Gasteiger partial charge < -0.3 is 10.1 Å². The summed E-state index contributed by atoms with van der Waals surface area (Å²) < 4.78 is 2.20. The highest BCUT2D eigenvalue weighted by atomic mass is 16.5. The van der Waals surface area contributed by atoms with E-state index in [0.717, 1.165) is 17.6 Å². The summed E-state index contributed by atoms with van der Waals surface area (Å²) in [6.07, 6.45) is 10.5. The van der Waals surface area contributed by atoms with Crippen LogP contribution in [0.2, 0.25) is 0 Å². The molecule has 6 nitrogen and oxygen atoms in total. The van der Waals surface area contributed by atoms with E-state index in [2.05, 4.69) is 4.98 Å². The molecule has 0 bridgehead atoms. The molecule has 2 aromatic rings. The number of carbonyl (C=O) groups excluding carboxylic acids is 1. The fourth-order valence-electron chi connectivity index (χ4n) is 2.81. The Morgan fingerprint density at radius 3 is 2.95 bits per heavy atom. The van der Waals surface area contributed by atoms with Crippen LogP contribution in [-0.4, -0.2) is 33.6 Å². The average molecular weight is 286 g/mol. The van der Waals surface area contributed by atoms with Gasteiger partial charge in [0.25, 0.3) is 0 Å². The van der Waals surface area contributed by atoms with Crippen molar-refractivity contribution in [1.29, 1.82) is 0 Å². The van der Waals surface area contributed by atoms with Crippen LogP contribution >= 0.6 is 0 Å². The lowest BCUT2D eigenvalue weighted by atomic mass is 10.2. The maximum atomic E-state index is 12.4. The first-order valence-electron chi connectivity index (χ1n) is 7.15. The number of imidazole rings is 1. The molecule has 1 fully saturated rings. The topological polar surface area (TPSA) is 65.1 Å². The maximum absolute atomic E-state index is 12.4. The third-order valence-electron chi connectivity index (χ3n) is 4.05. The highest BCUT2D eigenvalue weighted by Gasteiger charge is 2.24. The van der Waals surface area contributed by atoms with Crippen molar-refractivity contribution in [3.8, 4) is 11.3 Å². The number of rotatable bonds is 2. The summed E-state index contributed by atoms with van der Waals surface area (Å²) in [7, 11) is 1.84. The zero-order valence-electron chi connectivity index (χ0n) is 12.0.